The van der Waals surface area contributed by atoms with Crippen LogP contribution in [0.2, 0.25) is 10.0 Å². The standard InChI is InChI=1S/C24H21Cl2N3O4S2/c1-33-24(30)23-22(9-11-34-23)35(31,32)28-10-8-19(15-28)29(14-17-4-2-3-5-20(17)25)18-7-6-16(13-27)21(26)12-18/h2-7,9,11-12,19H,8,10,14-15H2,1H3/t19-/m0/s1. The number of benzene rings is 2. The first-order valence-electron chi connectivity index (χ1n) is 10.6. The predicted molar refractivity (Wildman–Crippen MR) is 137 cm³/mol. The van der Waals surface area contributed by atoms with E-state index in [1.807, 2.05) is 18.2 Å². The van der Waals surface area contributed by atoms with Gasteiger partial charge in [-0.15, -0.1) is 11.3 Å². The smallest absolute Gasteiger partial charge is 0.349 e. The Bertz CT molecular complexity index is 1400. The molecule has 0 N–H and O–H groups in total. The van der Waals surface area contributed by atoms with Crippen LogP contribution in [0, 0.1) is 11.3 Å². The summed E-state index contributed by atoms with van der Waals surface area (Å²) in [7, 11) is -2.69. The lowest BCUT2D eigenvalue weighted by atomic mass is 10.1. The highest BCUT2D eigenvalue weighted by molar-refractivity contribution is 7.89. The number of hydrogen-bond acceptors (Lipinski definition) is 7. The lowest BCUT2D eigenvalue weighted by molar-refractivity contribution is 0.0602. The minimum Gasteiger partial charge on any atom is -0.465 e. The van der Waals surface area contributed by atoms with E-state index in [0.717, 1.165) is 22.6 Å². The van der Waals surface area contributed by atoms with Gasteiger partial charge in [0.25, 0.3) is 0 Å². The van der Waals surface area contributed by atoms with Crippen molar-refractivity contribution in [1.82, 2.24) is 4.31 Å². The van der Waals surface area contributed by atoms with E-state index in [1.165, 1.54) is 17.5 Å². The molecular formula is C24H21Cl2N3O4S2. The molecule has 0 unspecified atom stereocenters. The van der Waals surface area contributed by atoms with Gasteiger partial charge < -0.3 is 9.64 Å². The normalized spacial score (nSPS) is 16.1. The summed E-state index contributed by atoms with van der Waals surface area (Å²) in [5.74, 6) is -0.679. The van der Waals surface area contributed by atoms with Crippen LogP contribution in [0.15, 0.2) is 58.8 Å². The molecule has 3 aromatic rings. The number of hydrogen-bond donors (Lipinski definition) is 0. The van der Waals surface area contributed by atoms with Crippen molar-refractivity contribution in [3.8, 4) is 6.07 Å². The Morgan fingerprint density at radius 2 is 2.00 bits per heavy atom. The van der Waals surface area contributed by atoms with Crippen LogP contribution in [0.5, 0.6) is 0 Å². The average molecular weight is 550 g/mol. The van der Waals surface area contributed by atoms with E-state index in [9.17, 15) is 18.5 Å². The number of nitriles is 1. The summed E-state index contributed by atoms with van der Waals surface area (Å²) < 4.78 is 33.0. The summed E-state index contributed by atoms with van der Waals surface area (Å²) in [6.45, 7) is 0.916. The number of esters is 1. The van der Waals surface area contributed by atoms with E-state index in [0.29, 0.717) is 28.6 Å². The number of carbonyl (C=O) groups excluding carboxylic acids is 1. The Morgan fingerprint density at radius 1 is 1.23 bits per heavy atom. The average Bonchev–Trinajstić information content (AvgIpc) is 3.54. The molecule has 0 radical (unpaired) electrons. The first kappa shape index (κ1) is 25.5. The summed E-state index contributed by atoms with van der Waals surface area (Å²) in [6, 6.07) is 15.9. The van der Waals surface area contributed by atoms with Crippen LogP contribution in [0.1, 0.15) is 27.2 Å². The molecule has 0 amide bonds. The summed E-state index contributed by atoms with van der Waals surface area (Å²) in [4.78, 5) is 14.1. The molecule has 2 heterocycles. The number of methoxy groups -OCH3 is 1. The van der Waals surface area contributed by atoms with Gasteiger partial charge in [-0.3, -0.25) is 0 Å². The molecule has 182 valence electrons. The molecule has 1 fully saturated rings. The Balaban J connectivity index is 1.66. The Morgan fingerprint density at radius 3 is 2.69 bits per heavy atom. The second-order valence-electron chi connectivity index (χ2n) is 7.91. The van der Waals surface area contributed by atoms with Crippen molar-refractivity contribution in [3.63, 3.8) is 0 Å². The predicted octanol–water partition coefficient (Wildman–Crippen LogP) is 5.18. The van der Waals surface area contributed by atoms with Gasteiger partial charge in [-0.05, 0) is 47.7 Å². The van der Waals surface area contributed by atoms with E-state index in [4.69, 9.17) is 27.9 Å². The van der Waals surface area contributed by atoms with Crippen molar-refractivity contribution in [2.24, 2.45) is 0 Å². The highest BCUT2D eigenvalue weighted by Crippen LogP contribution is 2.33. The maximum absolute atomic E-state index is 13.4. The molecule has 0 saturated carbocycles. The molecule has 1 saturated heterocycles. The van der Waals surface area contributed by atoms with Crippen LogP contribution < -0.4 is 4.90 Å². The van der Waals surface area contributed by atoms with E-state index >= 15 is 0 Å². The van der Waals surface area contributed by atoms with Crippen LogP contribution in [-0.2, 0) is 21.3 Å². The summed E-state index contributed by atoms with van der Waals surface area (Å²) in [5.41, 5.74) is 1.99. The number of ether oxygens (including phenoxy) is 1. The number of rotatable bonds is 7. The molecular weight excluding hydrogens is 529 g/mol. The lowest BCUT2D eigenvalue weighted by Crippen LogP contribution is -2.39. The van der Waals surface area contributed by atoms with Crippen molar-refractivity contribution >= 4 is 56.2 Å². The fraction of sp³-hybridized carbons (Fsp3) is 0.250. The zero-order chi connectivity index (χ0) is 25.2. The Kier molecular flexibility index (Phi) is 7.69. The summed E-state index contributed by atoms with van der Waals surface area (Å²) >= 11 is 13.8. The third-order valence-electron chi connectivity index (χ3n) is 5.89. The molecule has 7 nitrogen and oxygen atoms in total. The van der Waals surface area contributed by atoms with E-state index in [-0.39, 0.29) is 28.9 Å². The van der Waals surface area contributed by atoms with Crippen molar-refractivity contribution in [2.45, 2.75) is 23.9 Å². The molecule has 35 heavy (non-hydrogen) atoms. The topological polar surface area (TPSA) is 90.7 Å². The number of halogens is 2. The first-order chi connectivity index (χ1) is 16.8. The zero-order valence-electron chi connectivity index (χ0n) is 18.6. The van der Waals surface area contributed by atoms with Gasteiger partial charge in [0, 0.05) is 36.4 Å². The minimum atomic E-state index is -3.91. The maximum Gasteiger partial charge on any atom is 0.349 e. The van der Waals surface area contributed by atoms with Crippen LogP contribution in [0.25, 0.3) is 0 Å². The van der Waals surface area contributed by atoms with E-state index in [1.54, 1.807) is 29.6 Å². The van der Waals surface area contributed by atoms with Gasteiger partial charge in [0.15, 0.2) is 0 Å². The molecule has 1 aromatic heterocycles. The van der Waals surface area contributed by atoms with Crippen LogP contribution in [-0.4, -0.2) is 44.9 Å². The van der Waals surface area contributed by atoms with Crippen molar-refractivity contribution in [2.75, 3.05) is 25.1 Å². The highest BCUT2D eigenvalue weighted by Gasteiger charge is 2.38. The van der Waals surface area contributed by atoms with Gasteiger partial charge in [0.05, 0.1) is 17.7 Å². The summed E-state index contributed by atoms with van der Waals surface area (Å²) in [5, 5.41) is 11.7. The fourth-order valence-electron chi connectivity index (χ4n) is 4.08. The van der Waals surface area contributed by atoms with E-state index in [2.05, 4.69) is 11.0 Å². The Hall–Kier alpha value is -2.61. The third-order valence-corrected chi connectivity index (χ3v) is 9.50. The highest BCUT2D eigenvalue weighted by atomic mass is 35.5. The number of thiophene rings is 1. The molecule has 1 aliphatic rings. The first-order valence-corrected chi connectivity index (χ1v) is 13.7. The Labute approximate surface area is 218 Å². The molecule has 2 aromatic carbocycles. The van der Waals surface area contributed by atoms with Gasteiger partial charge in [0.2, 0.25) is 10.0 Å². The molecule has 11 heteroatoms. The van der Waals surface area contributed by atoms with Gasteiger partial charge in [-0.2, -0.15) is 9.57 Å². The SMILES string of the molecule is COC(=O)c1sccc1S(=O)(=O)N1CC[C@H](N(Cc2ccccc2Cl)c2ccc(C#N)c(Cl)c2)C1. The maximum atomic E-state index is 13.4. The molecule has 0 aliphatic carbocycles. The molecule has 1 atom stereocenters. The zero-order valence-corrected chi connectivity index (χ0v) is 21.8. The molecule has 0 bridgehead atoms. The number of nitrogens with zero attached hydrogens (tertiary/aromatic N) is 3. The largest absolute Gasteiger partial charge is 0.465 e. The monoisotopic (exact) mass is 549 g/mol. The number of sulfonamides is 1. The second kappa shape index (κ2) is 10.6. The quantitative estimate of drug-likeness (QED) is 0.377. The molecule has 4 rings (SSSR count). The van der Waals surface area contributed by atoms with Crippen LogP contribution in [0.3, 0.4) is 0 Å². The van der Waals surface area contributed by atoms with Crippen molar-refractivity contribution in [1.29, 1.82) is 5.26 Å². The van der Waals surface area contributed by atoms with Crippen molar-refractivity contribution < 1.29 is 17.9 Å². The molecule has 0 spiro atoms. The van der Waals surface area contributed by atoms with Crippen LogP contribution >= 0.6 is 34.5 Å². The third kappa shape index (κ3) is 5.17. The fourth-order valence-corrected chi connectivity index (χ4v) is 7.29. The minimum absolute atomic E-state index is 0.0472. The van der Waals surface area contributed by atoms with Gasteiger partial charge in [-0.25, -0.2) is 13.2 Å². The number of carbonyl (C=O) groups is 1. The second-order valence-corrected chi connectivity index (χ2v) is 11.5. The summed E-state index contributed by atoms with van der Waals surface area (Å²) in [6.07, 6.45) is 0.555. The van der Waals surface area contributed by atoms with Gasteiger partial charge in [-0.1, -0.05) is 41.4 Å². The molecule has 1 aliphatic heterocycles. The lowest BCUT2D eigenvalue weighted by Gasteiger charge is -2.32. The van der Waals surface area contributed by atoms with Gasteiger partial charge >= 0.3 is 5.97 Å². The van der Waals surface area contributed by atoms with E-state index < -0.39 is 16.0 Å². The van der Waals surface area contributed by atoms with Gasteiger partial charge in [0.1, 0.15) is 15.8 Å². The number of anilines is 1. The van der Waals surface area contributed by atoms with Crippen LogP contribution in [0.4, 0.5) is 5.69 Å². The van der Waals surface area contributed by atoms with Crippen molar-refractivity contribution in [3.05, 3.63) is 80.0 Å².